The average Bonchev–Trinajstić information content (AvgIpc) is 2.32. The summed E-state index contributed by atoms with van der Waals surface area (Å²) >= 11 is 9.32. The standard InChI is InChI=1S/C13H11BrClNO/c14-11-4-2-1-3-9(11)8-16-10-5-6-13(17)12(15)7-10/h1-7,16-17H,8H2. The van der Waals surface area contributed by atoms with Crippen molar-refractivity contribution in [2.45, 2.75) is 6.54 Å². The van der Waals surface area contributed by atoms with Gasteiger partial charge in [0.05, 0.1) is 5.02 Å². The number of halogens is 2. The van der Waals surface area contributed by atoms with Gasteiger partial charge in [0.2, 0.25) is 0 Å². The maximum atomic E-state index is 9.31. The lowest BCUT2D eigenvalue weighted by Gasteiger charge is -2.08. The van der Waals surface area contributed by atoms with Gasteiger partial charge in [-0.1, -0.05) is 45.7 Å². The number of rotatable bonds is 3. The topological polar surface area (TPSA) is 32.3 Å². The van der Waals surface area contributed by atoms with Gasteiger partial charge in [-0.25, -0.2) is 0 Å². The highest BCUT2D eigenvalue weighted by molar-refractivity contribution is 9.10. The molecule has 4 heteroatoms. The fourth-order valence-corrected chi connectivity index (χ4v) is 2.06. The average molecular weight is 313 g/mol. The molecule has 2 N–H and O–H groups in total. The monoisotopic (exact) mass is 311 g/mol. The zero-order chi connectivity index (χ0) is 12.3. The summed E-state index contributed by atoms with van der Waals surface area (Å²) < 4.78 is 1.07. The largest absolute Gasteiger partial charge is 0.506 e. The molecule has 2 rings (SSSR count). The summed E-state index contributed by atoms with van der Waals surface area (Å²) in [6.45, 7) is 0.697. The van der Waals surface area contributed by atoms with Crippen LogP contribution in [-0.4, -0.2) is 5.11 Å². The van der Waals surface area contributed by atoms with Crippen molar-refractivity contribution in [3.05, 3.63) is 57.5 Å². The number of hydrogen-bond donors (Lipinski definition) is 2. The molecule has 2 nitrogen and oxygen atoms in total. The number of phenolic OH excluding ortho intramolecular Hbond substituents is 1. The van der Waals surface area contributed by atoms with Crippen molar-refractivity contribution in [2.75, 3.05) is 5.32 Å². The van der Waals surface area contributed by atoms with Gasteiger partial charge in [-0.2, -0.15) is 0 Å². The quantitative estimate of drug-likeness (QED) is 0.822. The summed E-state index contributed by atoms with van der Waals surface area (Å²) in [5.41, 5.74) is 2.04. The second kappa shape index (κ2) is 5.43. The SMILES string of the molecule is Oc1ccc(NCc2ccccc2Br)cc1Cl. The van der Waals surface area contributed by atoms with Gasteiger partial charge in [0.1, 0.15) is 5.75 Å². The number of anilines is 1. The molecule has 17 heavy (non-hydrogen) atoms. The molecule has 0 atom stereocenters. The Hall–Kier alpha value is -1.19. The van der Waals surface area contributed by atoms with Crippen LogP contribution in [0.2, 0.25) is 5.02 Å². The van der Waals surface area contributed by atoms with Gasteiger partial charge in [0, 0.05) is 16.7 Å². The summed E-state index contributed by atoms with van der Waals surface area (Å²) in [6, 6.07) is 13.1. The molecular weight excluding hydrogens is 302 g/mol. The molecule has 0 aliphatic carbocycles. The first-order chi connectivity index (χ1) is 8.16. The Bertz CT molecular complexity index is 531. The van der Waals surface area contributed by atoms with Crippen molar-refractivity contribution >= 4 is 33.2 Å². The van der Waals surface area contributed by atoms with Gasteiger partial charge in [-0.15, -0.1) is 0 Å². The van der Waals surface area contributed by atoms with Gasteiger partial charge in [0.15, 0.2) is 0 Å². The van der Waals surface area contributed by atoms with E-state index in [0.29, 0.717) is 11.6 Å². The molecule has 0 saturated carbocycles. The van der Waals surface area contributed by atoms with Crippen molar-refractivity contribution in [1.29, 1.82) is 0 Å². The van der Waals surface area contributed by atoms with E-state index in [9.17, 15) is 5.11 Å². The van der Waals surface area contributed by atoms with E-state index in [1.54, 1.807) is 18.2 Å². The Morgan fingerprint density at radius 3 is 2.65 bits per heavy atom. The first-order valence-corrected chi connectivity index (χ1v) is 6.30. The van der Waals surface area contributed by atoms with Gasteiger partial charge < -0.3 is 10.4 Å². The number of phenols is 1. The van der Waals surface area contributed by atoms with Crippen molar-refractivity contribution < 1.29 is 5.11 Å². The van der Waals surface area contributed by atoms with Crippen LogP contribution in [0.25, 0.3) is 0 Å². The van der Waals surface area contributed by atoms with Crippen LogP contribution in [0.4, 0.5) is 5.69 Å². The predicted octanol–water partition coefficient (Wildman–Crippen LogP) is 4.42. The van der Waals surface area contributed by atoms with E-state index in [-0.39, 0.29) is 5.75 Å². The number of nitrogens with one attached hydrogen (secondary N) is 1. The lowest BCUT2D eigenvalue weighted by Crippen LogP contribution is -1.99. The molecule has 0 fully saturated rings. The molecule has 2 aromatic carbocycles. The van der Waals surface area contributed by atoms with Crippen LogP contribution in [-0.2, 0) is 6.54 Å². The smallest absolute Gasteiger partial charge is 0.134 e. The normalized spacial score (nSPS) is 10.2. The van der Waals surface area contributed by atoms with E-state index in [4.69, 9.17) is 11.6 Å². The zero-order valence-electron chi connectivity index (χ0n) is 8.95. The maximum Gasteiger partial charge on any atom is 0.134 e. The summed E-state index contributed by atoms with van der Waals surface area (Å²) in [5.74, 6) is 0.0955. The minimum Gasteiger partial charge on any atom is -0.506 e. The Kier molecular flexibility index (Phi) is 3.92. The van der Waals surface area contributed by atoms with E-state index < -0.39 is 0 Å². The molecule has 88 valence electrons. The minimum absolute atomic E-state index is 0.0955. The summed E-state index contributed by atoms with van der Waals surface area (Å²) in [5, 5.41) is 12.9. The number of aromatic hydroxyl groups is 1. The third kappa shape index (κ3) is 3.14. The molecule has 0 bridgehead atoms. The molecule has 0 spiro atoms. The summed E-state index contributed by atoms with van der Waals surface area (Å²) in [6.07, 6.45) is 0. The fraction of sp³-hybridized carbons (Fsp3) is 0.0769. The second-order valence-electron chi connectivity index (χ2n) is 3.61. The molecule has 0 aliphatic heterocycles. The van der Waals surface area contributed by atoms with E-state index in [1.165, 1.54) is 0 Å². The molecule has 0 saturated heterocycles. The minimum atomic E-state index is 0.0955. The van der Waals surface area contributed by atoms with Crippen LogP contribution in [0.3, 0.4) is 0 Å². The van der Waals surface area contributed by atoms with Crippen LogP contribution in [0.1, 0.15) is 5.56 Å². The lowest BCUT2D eigenvalue weighted by atomic mass is 10.2. The van der Waals surface area contributed by atoms with Crippen LogP contribution < -0.4 is 5.32 Å². The summed E-state index contributed by atoms with van der Waals surface area (Å²) in [7, 11) is 0. The molecular formula is C13H11BrClNO. The summed E-state index contributed by atoms with van der Waals surface area (Å²) in [4.78, 5) is 0. The Balaban J connectivity index is 2.08. The fourth-order valence-electron chi connectivity index (χ4n) is 1.46. The molecule has 2 aromatic rings. The van der Waals surface area contributed by atoms with E-state index in [1.807, 2.05) is 24.3 Å². The first kappa shape index (κ1) is 12.3. The number of benzene rings is 2. The van der Waals surface area contributed by atoms with E-state index >= 15 is 0 Å². The molecule has 0 radical (unpaired) electrons. The van der Waals surface area contributed by atoms with Crippen LogP contribution in [0.15, 0.2) is 46.9 Å². The van der Waals surface area contributed by atoms with Gasteiger partial charge in [-0.05, 0) is 29.8 Å². The van der Waals surface area contributed by atoms with Crippen LogP contribution in [0.5, 0.6) is 5.75 Å². The van der Waals surface area contributed by atoms with Crippen molar-refractivity contribution in [1.82, 2.24) is 0 Å². The molecule has 0 amide bonds. The lowest BCUT2D eigenvalue weighted by molar-refractivity contribution is 0.475. The molecule has 0 aliphatic rings. The number of hydrogen-bond acceptors (Lipinski definition) is 2. The van der Waals surface area contributed by atoms with Gasteiger partial charge in [-0.3, -0.25) is 0 Å². The maximum absolute atomic E-state index is 9.31. The van der Waals surface area contributed by atoms with Crippen molar-refractivity contribution in [2.24, 2.45) is 0 Å². The van der Waals surface area contributed by atoms with Gasteiger partial charge >= 0.3 is 0 Å². The van der Waals surface area contributed by atoms with E-state index in [2.05, 4.69) is 21.2 Å². The van der Waals surface area contributed by atoms with Crippen molar-refractivity contribution in [3.8, 4) is 5.75 Å². The van der Waals surface area contributed by atoms with Gasteiger partial charge in [0.25, 0.3) is 0 Å². The highest BCUT2D eigenvalue weighted by Crippen LogP contribution is 2.26. The van der Waals surface area contributed by atoms with Crippen molar-refractivity contribution in [3.63, 3.8) is 0 Å². The molecule has 0 aromatic heterocycles. The third-order valence-corrected chi connectivity index (χ3v) is 3.46. The molecule has 0 unspecified atom stereocenters. The zero-order valence-corrected chi connectivity index (χ0v) is 11.3. The second-order valence-corrected chi connectivity index (χ2v) is 4.87. The Morgan fingerprint density at radius 2 is 1.94 bits per heavy atom. The van der Waals surface area contributed by atoms with E-state index in [0.717, 1.165) is 15.7 Å². The first-order valence-electron chi connectivity index (χ1n) is 5.12. The highest BCUT2D eigenvalue weighted by atomic mass is 79.9. The van der Waals surface area contributed by atoms with Crippen LogP contribution >= 0.6 is 27.5 Å². The highest BCUT2D eigenvalue weighted by Gasteiger charge is 2.01. The van der Waals surface area contributed by atoms with Crippen LogP contribution in [0, 0.1) is 0 Å². The third-order valence-electron chi connectivity index (χ3n) is 2.39. The predicted molar refractivity (Wildman–Crippen MR) is 74.6 cm³/mol. The Labute approximate surface area is 113 Å². The molecule has 0 heterocycles. The Morgan fingerprint density at radius 1 is 1.18 bits per heavy atom.